The van der Waals surface area contributed by atoms with Gasteiger partial charge in [0.15, 0.2) is 17.5 Å². The maximum absolute atomic E-state index is 6.18. The van der Waals surface area contributed by atoms with Crippen LogP contribution in [0.3, 0.4) is 0 Å². The van der Waals surface area contributed by atoms with E-state index in [1.165, 1.54) is 16.2 Å². The van der Waals surface area contributed by atoms with E-state index in [-0.39, 0.29) is 0 Å². The maximum atomic E-state index is 6.18. The Morgan fingerprint density at radius 3 is 1.93 bits per heavy atom. The predicted molar refractivity (Wildman–Crippen MR) is 176 cm³/mol. The fourth-order valence-corrected chi connectivity index (χ4v) is 6.18. The fourth-order valence-electron chi connectivity index (χ4n) is 6.18. The first-order valence-electron chi connectivity index (χ1n) is 14.4. The minimum atomic E-state index is 0.639. The van der Waals surface area contributed by atoms with E-state index in [0.29, 0.717) is 17.5 Å². The third-order valence-corrected chi connectivity index (χ3v) is 8.29. The molecule has 0 radical (unpaired) electrons. The van der Waals surface area contributed by atoms with Gasteiger partial charge < -0.3 is 4.42 Å². The van der Waals surface area contributed by atoms with Crippen LogP contribution in [-0.4, -0.2) is 15.0 Å². The van der Waals surface area contributed by atoms with Crippen molar-refractivity contribution in [3.63, 3.8) is 0 Å². The van der Waals surface area contributed by atoms with Gasteiger partial charge in [-0.15, -0.1) is 0 Å². The van der Waals surface area contributed by atoms with Crippen molar-refractivity contribution in [2.45, 2.75) is 0 Å². The Bertz CT molecular complexity index is 2510. The molecule has 0 unspecified atom stereocenters. The lowest BCUT2D eigenvalue weighted by Gasteiger charge is -2.11. The molecular weight excluding hydrogens is 526 g/mol. The number of aromatic nitrogens is 3. The van der Waals surface area contributed by atoms with Gasteiger partial charge >= 0.3 is 0 Å². The average Bonchev–Trinajstić information content (AvgIpc) is 3.44. The number of rotatable bonds is 3. The first kappa shape index (κ1) is 23.8. The number of nitrogens with zero attached hydrogens (tertiary/aromatic N) is 3. The predicted octanol–water partition coefficient (Wildman–Crippen LogP) is 10.2. The van der Waals surface area contributed by atoms with Crippen LogP contribution < -0.4 is 0 Å². The lowest BCUT2D eigenvalue weighted by atomic mass is 9.99. The van der Waals surface area contributed by atoms with Crippen molar-refractivity contribution in [2.24, 2.45) is 0 Å². The molecule has 0 saturated heterocycles. The number of fused-ring (bicyclic) bond motifs is 7. The van der Waals surface area contributed by atoms with Crippen LogP contribution in [0.2, 0.25) is 0 Å². The summed E-state index contributed by atoms with van der Waals surface area (Å²) in [7, 11) is 0. The van der Waals surface area contributed by atoms with Gasteiger partial charge in [-0.2, -0.15) is 0 Å². The van der Waals surface area contributed by atoms with Crippen molar-refractivity contribution in [3.8, 4) is 34.2 Å². The molecule has 0 aliphatic carbocycles. The second-order valence-corrected chi connectivity index (χ2v) is 10.9. The van der Waals surface area contributed by atoms with E-state index in [4.69, 9.17) is 19.4 Å². The van der Waals surface area contributed by atoms with E-state index < -0.39 is 0 Å². The number of para-hydroxylation sites is 1. The number of hydrogen-bond acceptors (Lipinski definition) is 4. The van der Waals surface area contributed by atoms with Crippen LogP contribution in [0.4, 0.5) is 0 Å². The van der Waals surface area contributed by atoms with Crippen LogP contribution in [0.25, 0.3) is 88.4 Å². The summed E-state index contributed by atoms with van der Waals surface area (Å²) in [5.41, 5.74) is 4.61. The molecule has 0 fully saturated rings. The summed E-state index contributed by atoms with van der Waals surface area (Å²) in [5.74, 6) is 1.93. The summed E-state index contributed by atoms with van der Waals surface area (Å²) in [6.45, 7) is 0. The van der Waals surface area contributed by atoms with E-state index >= 15 is 0 Å². The Morgan fingerprint density at radius 1 is 0.349 bits per heavy atom. The average molecular weight is 550 g/mol. The smallest absolute Gasteiger partial charge is 0.164 e. The second kappa shape index (κ2) is 9.33. The molecule has 200 valence electrons. The van der Waals surface area contributed by atoms with Crippen molar-refractivity contribution < 1.29 is 4.42 Å². The molecule has 0 aliphatic rings. The molecule has 0 spiro atoms. The summed E-state index contributed by atoms with van der Waals surface area (Å²) in [6.07, 6.45) is 0. The summed E-state index contributed by atoms with van der Waals surface area (Å²) >= 11 is 0. The van der Waals surface area contributed by atoms with Crippen LogP contribution >= 0.6 is 0 Å². The first-order valence-corrected chi connectivity index (χ1v) is 14.4. The Balaban J connectivity index is 1.28. The Labute approximate surface area is 246 Å². The highest BCUT2D eigenvalue weighted by atomic mass is 16.3. The zero-order valence-corrected chi connectivity index (χ0v) is 23.0. The van der Waals surface area contributed by atoms with Gasteiger partial charge in [0, 0.05) is 27.5 Å². The third-order valence-electron chi connectivity index (χ3n) is 8.29. The third kappa shape index (κ3) is 3.88. The zero-order valence-electron chi connectivity index (χ0n) is 23.0. The number of benzene rings is 7. The maximum Gasteiger partial charge on any atom is 0.164 e. The van der Waals surface area contributed by atoms with Gasteiger partial charge in [0.25, 0.3) is 0 Å². The highest BCUT2D eigenvalue weighted by Gasteiger charge is 2.16. The Morgan fingerprint density at radius 2 is 1.02 bits per heavy atom. The van der Waals surface area contributed by atoms with Gasteiger partial charge in [-0.1, -0.05) is 115 Å². The van der Waals surface area contributed by atoms with Gasteiger partial charge in [-0.05, 0) is 56.6 Å². The van der Waals surface area contributed by atoms with Crippen molar-refractivity contribution in [2.75, 3.05) is 0 Å². The van der Waals surface area contributed by atoms with Crippen LogP contribution in [-0.2, 0) is 0 Å². The number of furan rings is 1. The van der Waals surface area contributed by atoms with E-state index in [1.807, 2.05) is 48.5 Å². The molecule has 43 heavy (non-hydrogen) atoms. The molecule has 7 aromatic carbocycles. The normalized spacial score (nSPS) is 11.7. The molecule has 0 amide bonds. The van der Waals surface area contributed by atoms with Crippen molar-refractivity contribution >= 4 is 54.3 Å². The van der Waals surface area contributed by atoms with E-state index in [9.17, 15) is 0 Å². The zero-order chi connectivity index (χ0) is 28.3. The van der Waals surface area contributed by atoms with E-state index in [1.54, 1.807) is 0 Å². The molecule has 0 bridgehead atoms. The van der Waals surface area contributed by atoms with Crippen LogP contribution in [0.1, 0.15) is 0 Å². The largest absolute Gasteiger partial charge is 0.456 e. The molecular formula is C39H23N3O. The second-order valence-electron chi connectivity index (χ2n) is 10.9. The minimum Gasteiger partial charge on any atom is -0.456 e. The monoisotopic (exact) mass is 549 g/mol. The molecule has 9 aromatic rings. The van der Waals surface area contributed by atoms with Crippen molar-refractivity contribution in [1.82, 2.24) is 15.0 Å². The molecule has 4 nitrogen and oxygen atoms in total. The quantitative estimate of drug-likeness (QED) is 0.206. The van der Waals surface area contributed by atoms with Gasteiger partial charge in [-0.3, -0.25) is 0 Å². The molecule has 0 aliphatic heterocycles. The van der Waals surface area contributed by atoms with Gasteiger partial charge in [0.1, 0.15) is 11.2 Å². The van der Waals surface area contributed by atoms with Crippen molar-refractivity contribution in [3.05, 3.63) is 140 Å². The van der Waals surface area contributed by atoms with Crippen LogP contribution in [0.15, 0.2) is 144 Å². The molecule has 9 rings (SSSR count). The first-order chi connectivity index (χ1) is 21.3. The van der Waals surface area contributed by atoms with Crippen LogP contribution in [0, 0.1) is 0 Å². The lowest BCUT2D eigenvalue weighted by molar-refractivity contribution is 0.669. The molecule has 0 N–H and O–H groups in total. The summed E-state index contributed by atoms with van der Waals surface area (Å²) in [4.78, 5) is 15.1. The highest BCUT2D eigenvalue weighted by molar-refractivity contribution is 6.12. The van der Waals surface area contributed by atoms with Crippen LogP contribution in [0.5, 0.6) is 0 Å². The van der Waals surface area contributed by atoms with Gasteiger partial charge in [-0.25, -0.2) is 15.0 Å². The molecule has 0 saturated carbocycles. The molecule has 4 heteroatoms. The van der Waals surface area contributed by atoms with E-state index in [2.05, 4.69) is 91.0 Å². The number of hydrogen-bond donors (Lipinski definition) is 0. The fraction of sp³-hybridized carbons (Fsp3) is 0. The van der Waals surface area contributed by atoms with Gasteiger partial charge in [0.05, 0.1) is 0 Å². The Kier molecular flexibility index (Phi) is 5.16. The Hall–Kier alpha value is -5.87. The summed E-state index contributed by atoms with van der Waals surface area (Å²) < 4.78 is 6.18. The molecule has 0 atom stereocenters. The standard InChI is InChI=1S/C39H23N3O/c1-2-10-25(11-3-1)37-40-38(28-19-20-30-27(21-28)18-17-24-9-4-5-13-29(24)30)42-39(41-37)32-15-8-12-26-22-36-34(23-33(26)32)31-14-6-7-16-35(31)43-36/h1-23H. The van der Waals surface area contributed by atoms with Crippen molar-refractivity contribution in [1.29, 1.82) is 0 Å². The molecule has 2 aromatic heterocycles. The lowest BCUT2D eigenvalue weighted by Crippen LogP contribution is -2.00. The molecule has 2 heterocycles. The highest BCUT2D eigenvalue weighted by Crippen LogP contribution is 2.36. The summed E-state index contributed by atoms with van der Waals surface area (Å²) in [5, 5.41) is 9.15. The van der Waals surface area contributed by atoms with Gasteiger partial charge in [0.2, 0.25) is 0 Å². The topological polar surface area (TPSA) is 51.8 Å². The SMILES string of the molecule is c1ccc(-c2nc(-c3ccc4c(ccc5ccccc54)c3)nc(-c3cccc4cc5oc6ccccc6c5cc34)n2)cc1. The minimum absolute atomic E-state index is 0.639. The van der Waals surface area contributed by atoms with E-state index in [0.717, 1.165) is 54.8 Å². The summed E-state index contributed by atoms with van der Waals surface area (Å²) in [6, 6.07) is 48.2.